The fourth-order valence-corrected chi connectivity index (χ4v) is 6.49. The lowest BCUT2D eigenvalue weighted by Gasteiger charge is -2.32. The summed E-state index contributed by atoms with van der Waals surface area (Å²) in [5, 5.41) is 17.1. The Morgan fingerprint density at radius 1 is 1.02 bits per heavy atom. The van der Waals surface area contributed by atoms with Crippen molar-refractivity contribution in [3.63, 3.8) is 0 Å². The number of aryl methyl sites for hydroxylation is 2. The third-order valence-corrected chi connectivity index (χ3v) is 9.14. The number of ether oxygens (including phenoxy) is 1. The van der Waals surface area contributed by atoms with Gasteiger partial charge in [-0.1, -0.05) is 41.9 Å². The Kier molecular flexibility index (Phi) is 8.90. The average Bonchev–Trinajstić information content (AvgIpc) is 3.52. The number of aliphatic hydroxyl groups is 1. The van der Waals surface area contributed by atoms with Crippen molar-refractivity contribution >= 4 is 34.5 Å². The predicted octanol–water partition coefficient (Wildman–Crippen LogP) is 5.23. The van der Waals surface area contributed by atoms with Gasteiger partial charge >= 0.3 is 6.09 Å². The maximum atomic E-state index is 13.2. The minimum Gasteiger partial charge on any atom is -0.450 e. The van der Waals surface area contributed by atoms with Crippen molar-refractivity contribution in [3.05, 3.63) is 123 Å². The number of amides is 2. The number of rotatable bonds is 7. The molecule has 1 fully saturated rings. The van der Waals surface area contributed by atoms with E-state index in [0.29, 0.717) is 71.0 Å². The summed E-state index contributed by atoms with van der Waals surface area (Å²) in [6.07, 6.45) is 4.18. The second-order valence-electron chi connectivity index (χ2n) is 11.8. The molecule has 6 rings (SSSR count). The molecule has 0 spiro atoms. The summed E-state index contributed by atoms with van der Waals surface area (Å²) in [5.41, 5.74) is 2.42. The van der Waals surface area contributed by atoms with Crippen LogP contribution in [0.15, 0.2) is 90.1 Å². The van der Waals surface area contributed by atoms with Crippen LogP contribution in [0.4, 0.5) is 4.79 Å². The zero-order chi connectivity index (χ0) is 33.3. The van der Waals surface area contributed by atoms with Gasteiger partial charge in [0.05, 0.1) is 30.3 Å². The number of aromatic nitrogens is 3. The smallest absolute Gasteiger partial charge is 0.409 e. The monoisotopic (exact) mass is 653 g/mol. The first-order chi connectivity index (χ1) is 22.6. The third-order valence-electron chi connectivity index (χ3n) is 8.91. The van der Waals surface area contributed by atoms with Gasteiger partial charge in [0.1, 0.15) is 0 Å². The molecule has 1 saturated heterocycles. The highest BCUT2D eigenvalue weighted by Gasteiger charge is 2.37. The highest BCUT2D eigenvalue weighted by Crippen LogP contribution is 2.39. The van der Waals surface area contributed by atoms with Gasteiger partial charge in [-0.2, -0.15) is 0 Å². The van der Waals surface area contributed by atoms with E-state index in [9.17, 15) is 19.5 Å². The van der Waals surface area contributed by atoms with Crippen LogP contribution in [0.2, 0.25) is 5.02 Å². The quantitative estimate of drug-likeness (QED) is 0.249. The molecule has 0 aliphatic carbocycles. The Balaban J connectivity index is 1.34. The van der Waals surface area contributed by atoms with Crippen LogP contribution in [0.1, 0.15) is 46.9 Å². The fourth-order valence-electron chi connectivity index (χ4n) is 6.30. The molecular formula is C36H36ClN5O5. The summed E-state index contributed by atoms with van der Waals surface area (Å²) in [7, 11) is 3.53. The molecule has 0 bridgehead atoms. The summed E-state index contributed by atoms with van der Waals surface area (Å²) in [5.74, 6) is -0.229. The lowest BCUT2D eigenvalue weighted by Crippen LogP contribution is -2.46. The van der Waals surface area contributed by atoms with Crippen molar-refractivity contribution in [1.29, 1.82) is 0 Å². The van der Waals surface area contributed by atoms with E-state index < -0.39 is 5.60 Å². The first-order valence-electron chi connectivity index (χ1n) is 15.5. The van der Waals surface area contributed by atoms with E-state index in [1.807, 2.05) is 37.4 Å². The van der Waals surface area contributed by atoms with Crippen molar-refractivity contribution in [3.8, 4) is 11.1 Å². The Bertz CT molecular complexity index is 2010. The lowest BCUT2D eigenvalue weighted by molar-refractivity contribution is 0.0859. The molecule has 2 N–H and O–H groups in total. The van der Waals surface area contributed by atoms with E-state index in [4.69, 9.17) is 16.3 Å². The van der Waals surface area contributed by atoms with Crippen LogP contribution in [0, 0.1) is 0 Å². The van der Waals surface area contributed by atoms with Crippen molar-refractivity contribution in [2.24, 2.45) is 14.1 Å². The summed E-state index contributed by atoms with van der Waals surface area (Å²) in [4.78, 5) is 44.1. The Morgan fingerprint density at radius 2 is 1.74 bits per heavy atom. The highest BCUT2D eigenvalue weighted by atomic mass is 35.5. The average molecular weight is 654 g/mol. The van der Waals surface area contributed by atoms with E-state index in [0.717, 1.165) is 10.9 Å². The number of benzene rings is 3. The molecule has 1 aliphatic heterocycles. The molecule has 3 heterocycles. The number of carbonyl (C=O) groups excluding carboxylic acids is 2. The first-order valence-corrected chi connectivity index (χ1v) is 15.9. The number of carbonyl (C=O) groups is 2. The van der Waals surface area contributed by atoms with Gasteiger partial charge in [-0.3, -0.25) is 9.59 Å². The van der Waals surface area contributed by atoms with Gasteiger partial charge in [-0.05, 0) is 78.4 Å². The van der Waals surface area contributed by atoms with Crippen LogP contribution < -0.4 is 10.9 Å². The molecule has 47 heavy (non-hydrogen) atoms. The minimum atomic E-state index is -1.66. The number of pyridine rings is 1. The molecule has 11 heteroatoms. The third kappa shape index (κ3) is 6.14. The van der Waals surface area contributed by atoms with E-state index in [2.05, 4.69) is 10.3 Å². The van der Waals surface area contributed by atoms with Crippen molar-refractivity contribution in [2.75, 3.05) is 19.7 Å². The standard InChI is InChI=1S/C36H36ClN5O5/c1-4-47-35(45)42-16-14-28(15-17-42)39-34(44)23-8-10-25(11-9-23)36(46,32-21-38-22-40(32)2)26-12-13-31-30(19-26)29(20-33(43)41(31)3)24-6-5-7-27(37)18-24/h5-13,18-22,28,46H,4,14-17H2,1-3H3,(H,39,44). The SMILES string of the molecule is CCOC(=O)N1CCC(NC(=O)c2ccc(C(O)(c3ccc4c(c3)c(-c3cccc(Cl)c3)cc(=O)n4C)c3cncn3C)cc2)CC1. The van der Waals surface area contributed by atoms with Gasteiger partial charge in [0, 0.05) is 55.3 Å². The van der Waals surface area contributed by atoms with Crippen LogP contribution in [0.3, 0.4) is 0 Å². The number of nitrogens with one attached hydrogen (secondary N) is 1. The Hall–Kier alpha value is -4.93. The number of halogens is 1. The van der Waals surface area contributed by atoms with Crippen LogP contribution >= 0.6 is 11.6 Å². The molecule has 1 aliphatic rings. The predicted molar refractivity (Wildman–Crippen MR) is 180 cm³/mol. The molecule has 242 valence electrons. The molecular weight excluding hydrogens is 618 g/mol. The van der Waals surface area contributed by atoms with Crippen molar-refractivity contribution < 1.29 is 19.4 Å². The zero-order valence-electron chi connectivity index (χ0n) is 26.4. The molecule has 3 aromatic carbocycles. The maximum absolute atomic E-state index is 13.2. The van der Waals surface area contributed by atoms with E-state index >= 15 is 0 Å². The molecule has 2 amide bonds. The van der Waals surface area contributed by atoms with Gasteiger partial charge in [0.25, 0.3) is 11.5 Å². The maximum Gasteiger partial charge on any atom is 0.409 e. The van der Waals surface area contributed by atoms with Crippen molar-refractivity contribution in [2.45, 2.75) is 31.4 Å². The second kappa shape index (κ2) is 13.1. The topological polar surface area (TPSA) is 119 Å². The van der Waals surface area contributed by atoms with Gasteiger partial charge < -0.3 is 29.2 Å². The van der Waals surface area contributed by atoms with Crippen LogP contribution in [-0.2, 0) is 24.4 Å². The van der Waals surface area contributed by atoms with Gasteiger partial charge in [-0.25, -0.2) is 9.78 Å². The molecule has 0 saturated carbocycles. The summed E-state index contributed by atoms with van der Waals surface area (Å²) >= 11 is 6.32. The molecule has 10 nitrogen and oxygen atoms in total. The molecule has 1 atom stereocenters. The number of hydrogen-bond donors (Lipinski definition) is 2. The van der Waals surface area contributed by atoms with Gasteiger partial charge in [-0.15, -0.1) is 0 Å². The molecule has 2 aromatic heterocycles. The van der Waals surface area contributed by atoms with E-state index in [1.54, 1.807) is 83.0 Å². The summed E-state index contributed by atoms with van der Waals surface area (Å²) in [6.45, 7) is 3.13. The van der Waals surface area contributed by atoms with Crippen molar-refractivity contribution in [1.82, 2.24) is 24.3 Å². The number of imidazole rings is 1. The zero-order valence-corrected chi connectivity index (χ0v) is 27.2. The first kappa shape index (κ1) is 32.0. The number of piperidine rings is 1. The lowest BCUT2D eigenvalue weighted by atomic mass is 9.82. The van der Waals surface area contributed by atoms with E-state index in [-0.39, 0.29) is 23.6 Å². The summed E-state index contributed by atoms with van der Waals surface area (Å²) in [6, 6.07) is 21.2. The number of fused-ring (bicyclic) bond motifs is 1. The van der Waals surface area contributed by atoms with Crippen LogP contribution in [0.5, 0.6) is 0 Å². The number of nitrogens with zero attached hydrogens (tertiary/aromatic N) is 4. The molecule has 0 radical (unpaired) electrons. The van der Waals surface area contributed by atoms with E-state index in [1.165, 1.54) is 0 Å². The molecule has 1 unspecified atom stereocenters. The highest BCUT2D eigenvalue weighted by molar-refractivity contribution is 6.30. The second-order valence-corrected chi connectivity index (χ2v) is 12.2. The largest absolute Gasteiger partial charge is 0.450 e. The molecule has 5 aromatic rings. The Labute approximate surface area is 277 Å². The number of hydrogen-bond acceptors (Lipinski definition) is 6. The normalized spacial score (nSPS) is 15.0. The van der Waals surface area contributed by atoms with Crippen LogP contribution in [0.25, 0.3) is 22.0 Å². The summed E-state index contributed by atoms with van der Waals surface area (Å²) < 4.78 is 8.42. The minimum absolute atomic E-state index is 0.0681. The van der Waals surface area contributed by atoms with Crippen LogP contribution in [-0.4, -0.2) is 61.9 Å². The Morgan fingerprint density at radius 3 is 2.40 bits per heavy atom. The van der Waals surface area contributed by atoms with Gasteiger partial charge in [0.2, 0.25) is 0 Å². The van der Waals surface area contributed by atoms with Gasteiger partial charge in [0.15, 0.2) is 5.60 Å². The fraction of sp³-hybridized carbons (Fsp3) is 0.278. The number of likely N-dealkylation sites (tertiary alicyclic amines) is 1.